The van der Waals surface area contributed by atoms with Crippen molar-refractivity contribution in [2.75, 3.05) is 5.33 Å². The van der Waals surface area contributed by atoms with Gasteiger partial charge in [-0.2, -0.15) is 0 Å². The monoisotopic (exact) mass is 338 g/mol. The maximum atomic E-state index is 11.2. The van der Waals surface area contributed by atoms with Crippen LogP contribution in [-0.4, -0.2) is 15.8 Å². The summed E-state index contributed by atoms with van der Waals surface area (Å²) in [5.74, 6) is -0.239. The molecule has 0 spiro atoms. The molecule has 0 saturated heterocycles. The predicted molar refractivity (Wildman–Crippen MR) is 68.4 cm³/mol. The number of hydrogen-bond acceptors (Lipinski definition) is 2. The van der Waals surface area contributed by atoms with Gasteiger partial charge in [-0.3, -0.25) is 0 Å². The quantitative estimate of drug-likeness (QED) is 0.416. The van der Waals surface area contributed by atoms with Crippen molar-refractivity contribution >= 4 is 37.8 Å². The summed E-state index contributed by atoms with van der Waals surface area (Å²) in [7, 11) is 0. The minimum atomic E-state index is -0.587. The lowest BCUT2D eigenvalue weighted by Gasteiger charge is -2.21. The van der Waals surface area contributed by atoms with Crippen molar-refractivity contribution < 1.29 is 9.53 Å². The van der Waals surface area contributed by atoms with Crippen LogP contribution in [0, 0.1) is 0 Å². The summed E-state index contributed by atoms with van der Waals surface area (Å²) in [6.45, 7) is 2.19. The number of esters is 1. The molecule has 0 fully saturated rings. The van der Waals surface area contributed by atoms with Crippen molar-refractivity contribution in [1.29, 1.82) is 0 Å². The Morgan fingerprint density at radius 1 is 1.40 bits per heavy atom. The van der Waals surface area contributed by atoms with Crippen molar-refractivity contribution in [3.05, 3.63) is 11.6 Å². The van der Waals surface area contributed by atoms with Crippen LogP contribution in [0.3, 0.4) is 0 Å². The molecule has 2 nitrogen and oxygen atoms in total. The minimum absolute atomic E-state index is 0.239. The van der Waals surface area contributed by atoms with Gasteiger partial charge in [0.1, 0.15) is 0 Å². The fraction of sp³-hybridized carbons (Fsp3) is 0.727. The van der Waals surface area contributed by atoms with E-state index in [-0.39, 0.29) is 5.97 Å². The molecular weight excluding hydrogens is 324 g/mol. The van der Waals surface area contributed by atoms with E-state index in [1.54, 1.807) is 6.08 Å². The molecule has 1 unspecified atom stereocenters. The zero-order chi connectivity index (χ0) is 11.3. The van der Waals surface area contributed by atoms with Crippen molar-refractivity contribution in [3.63, 3.8) is 0 Å². The fourth-order valence-corrected chi connectivity index (χ4v) is 2.57. The SMILES string of the molecule is CCCCCCC1=CC(=O)OC1(Br)CBr. The number of cyclic esters (lactones) is 1. The normalized spacial score (nSPS) is 25.3. The number of alkyl halides is 2. The van der Waals surface area contributed by atoms with Gasteiger partial charge in [0.05, 0.1) is 5.33 Å². The molecule has 1 atom stereocenters. The average Bonchev–Trinajstić information content (AvgIpc) is 2.50. The summed E-state index contributed by atoms with van der Waals surface area (Å²) in [6.07, 6.45) is 7.37. The zero-order valence-electron chi connectivity index (χ0n) is 8.89. The second-order valence-corrected chi connectivity index (χ2v) is 5.61. The van der Waals surface area contributed by atoms with E-state index < -0.39 is 4.51 Å². The Kier molecular flexibility index (Phi) is 5.33. The Hall–Kier alpha value is 0.170. The van der Waals surface area contributed by atoms with Crippen molar-refractivity contribution in [2.45, 2.75) is 43.5 Å². The van der Waals surface area contributed by atoms with Crippen LogP contribution in [0.5, 0.6) is 0 Å². The molecule has 1 aliphatic rings. The Morgan fingerprint density at radius 3 is 2.73 bits per heavy atom. The second kappa shape index (κ2) is 6.04. The van der Waals surface area contributed by atoms with Gasteiger partial charge < -0.3 is 4.74 Å². The highest BCUT2D eigenvalue weighted by molar-refractivity contribution is 9.12. The Labute approximate surface area is 108 Å². The number of ether oxygens (including phenoxy) is 1. The average molecular weight is 340 g/mol. The van der Waals surface area contributed by atoms with Crippen LogP contribution in [0.25, 0.3) is 0 Å². The molecule has 86 valence electrons. The van der Waals surface area contributed by atoms with Crippen molar-refractivity contribution in [2.24, 2.45) is 0 Å². The Bertz CT molecular complexity index is 263. The standard InChI is InChI=1S/C11H16Br2O2/c1-2-3-4-5-6-9-7-10(14)15-11(9,13)8-12/h7H,2-6,8H2,1H3. The number of hydrogen-bond donors (Lipinski definition) is 0. The number of carbonyl (C=O) groups is 1. The van der Waals surface area contributed by atoms with E-state index in [0.717, 1.165) is 18.4 Å². The van der Waals surface area contributed by atoms with Gasteiger partial charge in [-0.05, 0) is 34.3 Å². The molecule has 1 aliphatic heterocycles. The second-order valence-electron chi connectivity index (χ2n) is 3.76. The van der Waals surface area contributed by atoms with Gasteiger partial charge in [0.15, 0.2) is 4.51 Å². The first-order valence-corrected chi connectivity index (χ1v) is 7.22. The topological polar surface area (TPSA) is 26.3 Å². The third-order valence-electron chi connectivity index (χ3n) is 2.51. The van der Waals surface area contributed by atoms with Crippen LogP contribution in [0.2, 0.25) is 0 Å². The lowest BCUT2D eigenvalue weighted by molar-refractivity contribution is -0.139. The molecule has 4 heteroatoms. The highest BCUT2D eigenvalue weighted by Gasteiger charge is 2.39. The molecular formula is C11H16Br2O2. The van der Waals surface area contributed by atoms with Gasteiger partial charge in [-0.25, -0.2) is 4.79 Å². The molecule has 0 N–H and O–H groups in total. The van der Waals surface area contributed by atoms with E-state index in [9.17, 15) is 4.79 Å². The van der Waals surface area contributed by atoms with Gasteiger partial charge in [0.2, 0.25) is 0 Å². The summed E-state index contributed by atoms with van der Waals surface area (Å²) in [6, 6.07) is 0. The lowest BCUT2D eigenvalue weighted by atomic mass is 10.0. The third kappa shape index (κ3) is 3.59. The maximum absolute atomic E-state index is 11.2. The summed E-state index contributed by atoms with van der Waals surface area (Å²) in [5, 5.41) is 0.603. The first kappa shape index (κ1) is 13.2. The molecule has 0 aliphatic carbocycles. The molecule has 0 radical (unpaired) electrons. The molecule has 0 aromatic rings. The molecule has 15 heavy (non-hydrogen) atoms. The van der Waals surface area contributed by atoms with Gasteiger partial charge in [-0.1, -0.05) is 42.1 Å². The van der Waals surface area contributed by atoms with E-state index >= 15 is 0 Å². The number of carbonyl (C=O) groups excluding carboxylic acids is 1. The molecule has 0 amide bonds. The Balaban J connectivity index is 2.45. The first-order chi connectivity index (χ1) is 7.12. The fourth-order valence-electron chi connectivity index (χ4n) is 1.62. The van der Waals surface area contributed by atoms with Crippen molar-refractivity contribution in [1.82, 2.24) is 0 Å². The summed E-state index contributed by atoms with van der Waals surface area (Å²) in [4.78, 5) is 11.2. The smallest absolute Gasteiger partial charge is 0.332 e. The minimum Gasteiger partial charge on any atom is -0.439 e. The molecule has 0 aromatic carbocycles. The summed E-state index contributed by atoms with van der Waals surface area (Å²) in [5.41, 5.74) is 1.06. The van der Waals surface area contributed by atoms with E-state index in [0.29, 0.717) is 5.33 Å². The number of rotatable bonds is 6. The van der Waals surface area contributed by atoms with E-state index in [4.69, 9.17) is 4.74 Å². The van der Waals surface area contributed by atoms with Crippen LogP contribution in [-0.2, 0) is 9.53 Å². The molecule has 0 bridgehead atoms. The van der Waals surface area contributed by atoms with Crippen LogP contribution < -0.4 is 0 Å². The van der Waals surface area contributed by atoms with E-state index in [1.165, 1.54) is 19.3 Å². The summed E-state index contributed by atoms with van der Waals surface area (Å²) < 4.78 is 4.62. The van der Waals surface area contributed by atoms with Gasteiger partial charge in [-0.15, -0.1) is 0 Å². The number of unbranched alkanes of at least 4 members (excludes halogenated alkanes) is 3. The number of halogens is 2. The van der Waals surface area contributed by atoms with Crippen molar-refractivity contribution in [3.8, 4) is 0 Å². The van der Waals surface area contributed by atoms with E-state index in [1.807, 2.05) is 0 Å². The van der Waals surface area contributed by atoms with Crippen LogP contribution in [0.15, 0.2) is 11.6 Å². The molecule has 0 aromatic heterocycles. The van der Waals surface area contributed by atoms with Crippen LogP contribution in [0.4, 0.5) is 0 Å². The van der Waals surface area contributed by atoms with Crippen LogP contribution >= 0.6 is 31.9 Å². The predicted octanol–water partition coefficient (Wildman–Crippen LogP) is 3.93. The molecule has 0 saturated carbocycles. The Morgan fingerprint density at radius 2 is 2.13 bits per heavy atom. The van der Waals surface area contributed by atoms with Gasteiger partial charge in [0, 0.05) is 6.08 Å². The summed E-state index contributed by atoms with van der Waals surface area (Å²) >= 11 is 6.82. The van der Waals surface area contributed by atoms with Gasteiger partial charge >= 0.3 is 5.97 Å². The highest BCUT2D eigenvalue weighted by atomic mass is 79.9. The van der Waals surface area contributed by atoms with Gasteiger partial charge in [0.25, 0.3) is 0 Å². The maximum Gasteiger partial charge on any atom is 0.332 e. The molecule has 1 rings (SSSR count). The lowest BCUT2D eigenvalue weighted by Crippen LogP contribution is -2.26. The highest BCUT2D eigenvalue weighted by Crippen LogP contribution is 2.38. The molecule has 1 heterocycles. The zero-order valence-corrected chi connectivity index (χ0v) is 12.1. The first-order valence-electron chi connectivity index (χ1n) is 5.31. The van der Waals surface area contributed by atoms with Crippen LogP contribution in [0.1, 0.15) is 39.0 Å². The largest absolute Gasteiger partial charge is 0.439 e. The third-order valence-corrected chi connectivity index (χ3v) is 5.00. The van der Waals surface area contributed by atoms with E-state index in [2.05, 4.69) is 38.8 Å².